The van der Waals surface area contributed by atoms with Gasteiger partial charge in [0, 0.05) is 24.5 Å². The van der Waals surface area contributed by atoms with E-state index >= 15 is 0 Å². The number of sulfonamides is 1. The Bertz CT molecular complexity index is 704. The SMILES string of the molecule is CCNCc1cc(S(=O)(=O)Nc2nncs2)cn1C1CC1. The Morgan fingerprint density at radius 3 is 2.90 bits per heavy atom. The minimum atomic E-state index is -3.61. The van der Waals surface area contributed by atoms with Gasteiger partial charge in [0.1, 0.15) is 10.4 Å². The lowest BCUT2D eigenvalue weighted by molar-refractivity contribution is 0.600. The van der Waals surface area contributed by atoms with Crippen LogP contribution in [-0.2, 0) is 16.6 Å². The highest BCUT2D eigenvalue weighted by Crippen LogP contribution is 2.37. The van der Waals surface area contributed by atoms with Gasteiger partial charge in [-0.2, -0.15) is 0 Å². The van der Waals surface area contributed by atoms with Gasteiger partial charge >= 0.3 is 0 Å². The van der Waals surface area contributed by atoms with E-state index in [1.165, 1.54) is 5.51 Å². The quantitative estimate of drug-likeness (QED) is 0.806. The fourth-order valence-electron chi connectivity index (χ4n) is 2.12. The Labute approximate surface area is 127 Å². The third-order valence-electron chi connectivity index (χ3n) is 3.30. The predicted molar refractivity (Wildman–Crippen MR) is 80.8 cm³/mol. The van der Waals surface area contributed by atoms with E-state index in [4.69, 9.17) is 0 Å². The van der Waals surface area contributed by atoms with Crippen LogP contribution in [0.3, 0.4) is 0 Å². The highest BCUT2D eigenvalue weighted by atomic mass is 32.2. The van der Waals surface area contributed by atoms with Crippen molar-refractivity contribution in [1.29, 1.82) is 0 Å². The maximum atomic E-state index is 12.4. The van der Waals surface area contributed by atoms with Crippen molar-refractivity contribution in [2.75, 3.05) is 11.3 Å². The second-order valence-electron chi connectivity index (χ2n) is 4.94. The van der Waals surface area contributed by atoms with Crippen LogP contribution in [-0.4, -0.2) is 29.7 Å². The van der Waals surface area contributed by atoms with Crippen molar-refractivity contribution < 1.29 is 8.42 Å². The van der Waals surface area contributed by atoms with Crippen LogP contribution >= 0.6 is 11.3 Å². The van der Waals surface area contributed by atoms with Gasteiger partial charge in [-0.05, 0) is 25.5 Å². The van der Waals surface area contributed by atoms with Gasteiger partial charge < -0.3 is 9.88 Å². The summed E-state index contributed by atoms with van der Waals surface area (Å²) in [5.74, 6) is 0. The summed E-state index contributed by atoms with van der Waals surface area (Å²) in [5, 5.41) is 10.9. The molecule has 3 rings (SSSR count). The largest absolute Gasteiger partial charge is 0.346 e. The van der Waals surface area contributed by atoms with Crippen molar-refractivity contribution >= 4 is 26.5 Å². The second kappa shape index (κ2) is 5.74. The van der Waals surface area contributed by atoms with Crippen LogP contribution < -0.4 is 10.0 Å². The molecule has 2 aromatic rings. The summed E-state index contributed by atoms with van der Waals surface area (Å²) in [6.07, 6.45) is 3.93. The molecule has 0 radical (unpaired) electrons. The van der Waals surface area contributed by atoms with Crippen LogP contribution in [0.15, 0.2) is 22.7 Å². The summed E-state index contributed by atoms with van der Waals surface area (Å²) >= 11 is 1.16. The fourth-order valence-corrected chi connectivity index (χ4v) is 3.86. The summed E-state index contributed by atoms with van der Waals surface area (Å²) in [7, 11) is -3.61. The van der Waals surface area contributed by atoms with Gasteiger partial charge in [0.25, 0.3) is 10.0 Å². The molecule has 1 aliphatic carbocycles. The first-order chi connectivity index (χ1) is 10.1. The molecule has 0 bridgehead atoms. The molecule has 7 nitrogen and oxygen atoms in total. The summed E-state index contributed by atoms with van der Waals surface area (Å²) in [5.41, 5.74) is 2.49. The topological polar surface area (TPSA) is 88.9 Å². The van der Waals surface area contributed by atoms with Gasteiger partial charge in [0.2, 0.25) is 5.13 Å². The van der Waals surface area contributed by atoms with Gasteiger partial charge in [0.15, 0.2) is 0 Å². The summed E-state index contributed by atoms with van der Waals surface area (Å²) in [4.78, 5) is 0.275. The van der Waals surface area contributed by atoms with Gasteiger partial charge in [0.05, 0.1) is 0 Å². The van der Waals surface area contributed by atoms with Crippen molar-refractivity contribution in [2.45, 2.75) is 37.2 Å². The third-order valence-corrected chi connectivity index (χ3v) is 5.34. The van der Waals surface area contributed by atoms with Crippen LogP contribution in [0.1, 0.15) is 31.5 Å². The van der Waals surface area contributed by atoms with E-state index in [9.17, 15) is 8.42 Å². The number of hydrogen-bond acceptors (Lipinski definition) is 6. The number of aromatic nitrogens is 3. The van der Waals surface area contributed by atoms with Crippen LogP contribution in [0.4, 0.5) is 5.13 Å². The first-order valence-electron chi connectivity index (χ1n) is 6.80. The lowest BCUT2D eigenvalue weighted by Crippen LogP contribution is -2.14. The molecule has 0 saturated heterocycles. The highest BCUT2D eigenvalue weighted by Gasteiger charge is 2.28. The summed E-state index contributed by atoms with van der Waals surface area (Å²) in [6.45, 7) is 3.54. The molecule has 21 heavy (non-hydrogen) atoms. The molecule has 1 saturated carbocycles. The Balaban J connectivity index is 1.87. The van der Waals surface area contributed by atoms with Crippen molar-refractivity contribution in [1.82, 2.24) is 20.1 Å². The number of anilines is 1. The number of nitrogens with zero attached hydrogens (tertiary/aromatic N) is 3. The number of hydrogen-bond donors (Lipinski definition) is 2. The van der Waals surface area contributed by atoms with Crippen molar-refractivity contribution in [3.05, 3.63) is 23.5 Å². The van der Waals surface area contributed by atoms with E-state index in [1.807, 2.05) is 6.92 Å². The van der Waals surface area contributed by atoms with E-state index < -0.39 is 10.0 Å². The third kappa shape index (κ3) is 3.25. The van der Waals surface area contributed by atoms with E-state index in [0.717, 1.165) is 36.4 Å². The monoisotopic (exact) mass is 327 g/mol. The molecule has 0 aromatic carbocycles. The second-order valence-corrected chi connectivity index (χ2v) is 7.45. The average molecular weight is 327 g/mol. The van der Waals surface area contributed by atoms with E-state index in [-0.39, 0.29) is 10.0 Å². The molecule has 2 heterocycles. The average Bonchev–Trinajstić information content (AvgIpc) is 2.99. The zero-order valence-corrected chi connectivity index (χ0v) is 13.2. The van der Waals surface area contributed by atoms with Gasteiger partial charge in [-0.25, -0.2) is 8.42 Å². The zero-order valence-electron chi connectivity index (χ0n) is 11.6. The Morgan fingerprint density at radius 2 is 2.29 bits per heavy atom. The number of rotatable bonds is 7. The van der Waals surface area contributed by atoms with Crippen molar-refractivity contribution in [2.24, 2.45) is 0 Å². The molecule has 0 atom stereocenters. The molecule has 1 fully saturated rings. The lowest BCUT2D eigenvalue weighted by Gasteiger charge is -2.07. The standard InChI is InChI=1S/C12H17N5O2S2/c1-2-13-6-10-5-11(7-17(10)9-3-4-9)21(18,19)16-12-15-14-8-20-12/h5,7-9,13H,2-4,6H2,1H3,(H,15,16). The first-order valence-corrected chi connectivity index (χ1v) is 9.17. The molecule has 2 aromatic heterocycles. The van der Waals surface area contributed by atoms with Crippen molar-refractivity contribution in [3.8, 4) is 0 Å². The van der Waals surface area contributed by atoms with E-state index in [1.54, 1.807) is 12.3 Å². The van der Waals surface area contributed by atoms with Crippen LogP contribution in [0.2, 0.25) is 0 Å². The normalized spacial score (nSPS) is 15.3. The smallest absolute Gasteiger partial charge is 0.265 e. The molecular formula is C12H17N5O2S2. The fraction of sp³-hybridized carbons (Fsp3) is 0.500. The molecule has 114 valence electrons. The molecule has 0 spiro atoms. The van der Waals surface area contributed by atoms with Crippen LogP contribution in [0.25, 0.3) is 0 Å². The highest BCUT2D eigenvalue weighted by molar-refractivity contribution is 7.93. The molecule has 2 N–H and O–H groups in total. The maximum absolute atomic E-state index is 12.4. The summed E-state index contributed by atoms with van der Waals surface area (Å²) < 4.78 is 29.3. The zero-order chi connectivity index (χ0) is 14.9. The van der Waals surface area contributed by atoms with E-state index in [2.05, 4.69) is 24.8 Å². The Morgan fingerprint density at radius 1 is 1.48 bits per heavy atom. The molecular weight excluding hydrogens is 310 g/mol. The molecule has 0 aliphatic heterocycles. The maximum Gasteiger partial charge on any atom is 0.265 e. The van der Waals surface area contributed by atoms with Gasteiger partial charge in [-0.3, -0.25) is 4.72 Å². The summed E-state index contributed by atoms with van der Waals surface area (Å²) in [6, 6.07) is 2.16. The van der Waals surface area contributed by atoms with Crippen molar-refractivity contribution in [3.63, 3.8) is 0 Å². The van der Waals surface area contributed by atoms with Crippen LogP contribution in [0.5, 0.6) is 0 Å². The van der Waals surface area contributed by atoms with E-state index in [0.29, 0.717) is 12.6 Å². The predicted octanol–water partition coefficient (Wildman–Crippen LogP) is 1.58. The van der Waals surface area contributed by atoms with Gasteiger partial charge in [-0.15, -0.1) is 10.2 Å². The minimum absolute atomic E-state index is 0.275. The molecule has 0 unspecified atom stereocenters. The lowest BCUT2D eigenvalue weighted by atomic mass is 10.4. The molecule has 1 aliphatic rings. The Hall–Kier alpha value is -1.45. The molecule has 9 heteroatoms. The minimum Gasteiger partial charge on any atom is -0.346 e. The van der Waals surface area contributed by atoms with Gasteiger partial charge in [-0.1, -0.05) is 18.3 Å². The Kier molecular flexibility index (Phi) is 3.96. The molecule has 0 amide bonds. The first kappa shape index (κ1) is 14.5. The van der Waals surface area contributed by atoms with Crippen LogP contribution in [0, 0.1) is 0 Å². The number of nitrogens with one attached hydrogen (secondary N) is 2.